The number of anilines is 3. The summed E-state index contributed by atoms with van der Waals surface area (Å²) in [6, 6.07) is 15.3. The minimum Gasteiger partial charge on any atom is -0.362 e. The quantitative estimate of drug-likeness (QED) is 0.340. The normalized spacial score (nSPS) is 16.4. The van der Waals surface area contributed by atoms with E-state index in [1.807, 2.05) is 41.3 Å². The van der Waals surface area contributed by atoms with Gasteiger partial charge in [0, 0.05) is 24.7 Å². The maximum absolute atomic E-state index is 13.5. The molecule has 1 aliphatic rings. The number of hydrogen-bond donors (Lipinski definition) is 1. The number of nitrogens with zero attached hydrogens (tertiary/aromatic N) is 4. The van der Waals surface area contributed by atoms with E-state index in [9.17, 15) is 13.2 Å². The van der Waals surface area contributed by atoms with Crippen LogP contribution in [0.4, 0.5) is 30.4 Å². The van der Waals surface area contributed by atoms with Crippen molar-refractivity contribution in [1.29, 1.82) is 0 Å². The van der Waals surface area contributed by atoms with Gasteiger partial charge >= 0.3 is 6.18 Å². The van der Waals surface area contributed by atoms with E-state index in [0.29, 0.717) is 35.8 Å². The fourth-order valence-electron chi connectivity index (χ4n) is 4.16. The number of rotatable bonds is 4. The Kier molecular flexibility index (Phi) is 5.84. The number of benzene rings is 2. The summed E-state index contributed by atoms with van der Waals surface area (Å²) in [5, 5.41) is 3.97. The summed E-state index contributed by atoms with van der Waals surface area (Å²) < 4.78 is 41.5. The lowest BCUT2D eigenvalue weighted by atomic mass is 10.0. The highest BCUT2D eigenvalue weighted by Crippen LogP contribution is 2.39. The van der Waals surface area contributed by atoms with E-state index in [-0.39, 0.29) is 6.04 Å². The van der Waals surface area contributed by atoms with Crippen LogP contribution in [0.3, 0.4) is 0 Å². The molecule has 2 aromatic heterocycles. The SMILES string of the molecule is C#[N+]C1CCCN(c2ccc(C(F)(F)F)cc2Nc2nccc3sc(-c4ccccc4)nc23)C1. The molecule has 172 valence electrons. The molecule has 1 unspecified atom stereocenters. The third-order valence-corrected chi connectivity index (χ3v) is 6.92. The van der Waals surface area contributed by atoms with Crippen LogP contribution in [-0.4, -0.2) is 29.1 Å². The van der Waals surface area contributed by atoms with Crippen LogP contribution in [0, 0.1) is 6.57 Å². The summed E-state index contributed by atoms with van der Waals surface area (Å²) in [6.45, 7) is 6.77. The van der Waals surface area contributed by atoms with Crippen LogP contribution in [0.15, 0.2) is 60.8 Å². The van der Waals surface area contributed by atoms with Crippen molar-refractivity contribution in [2.75, 3.05) is 23.3 Å². The smallest absolute Gasteiger partial charge is 0.362 e. The van der Waals surface area contributed by atoms with Gasteiger partial charge in [0.05, 0.1) is 28.2 Å². The molecule has 3 heterocycles. The summed E-state index contributed by atoms with van der Waals surface area (Å²) in [4.78, 5) is 15.1. The molecule has 4 aromatic rings. The van der Waals surface area contributed by atoms with Crippen LogP contribution in [0.25, 0.3) is 25.6 Å². The lowest BCUT2D eigenvalue weighted by molar-refractivity contribution is -0.137. The number of nitrogens with one attached hydrogen (secondary N) is 1. The van der Waals surface area contributed by atoms with Gasteiger partial charge in [-0.15, -0.1) is 11.3 Å². The largest absolute Gasteiger partial charge is 0.416 e. The van der Waals surface area contributed by atoms with Crippen molar-refractivity contribution in [3.05, 3.63) is 71.2 Å². The van der Waals surface area contributed by atoms with Crippen LogP contribution in [0.2, 0.25) is 0 Å². The predicted molar refractivity (Wildman–Crippen MR) is 131 cm³/mol. The van der Waals surface area contributed by atoms with E-state index in [1.165, 1.54) is 17.4 Å². The van der Waals surface area contributed by atoms with Crippen molar-refractivity contribution < 1.29 is 13.2 Å². The first-order valence-corrected chi connectivity index (χ1v) is 11.7. The molecule has 9 heteroatoms. The fourth-order valence-corrected chi connectivity index (χ4v) is 5.13. The van der Waals surface area contributed by atoms with Crippen molar-refractivity contribution in [1.82, 2.24) is 9.97 Å². The molecule has 34 heavy (non-hydrogen) atoms. The average molecular weight is 481 g/mol. The third kappa shape index (κ3) is 4.41. The number of thiazole rings is 1. The van der Waals surface area contributed by atoms with E-state index in [0.717, 1.165) is 40.2 Å². The molecule has 1 N–H and O–H groups in total. The molecule has 1 atom stereocenters. The standard InChI is InChI=1S/C25H21F3N5S/c1-29-18-8-5-13-33(15-18)20-10-9-17(25(26,27)28)14-19(20)31-23-22-21(11-12-30-23)34-24(32-22)16-6-3-2-4-7-16/h1-4,6-7,9-12,14,18H,5,8,13,15H2,(H,30,31)/q+1. The van der Waals surface area contributed by atoms with Crippen molar-refractivity contribution in [2.24, 2.45) is 0 Å². The molecule has 0 spiro atoms. The molecule has 2 aromatic carbocycles. The van der Waals surface area contributed by atoms with Gasteiger partial charge < -0.3 is 10.2 Å². The molecule has 5 rings (SSSR count). The summed E-state index contributed by atoms with van der Waals surface area (Å²) in [7, 11) is 0. The second-order valence-corrected chi connectivity index (χ2v) is 9.17. The van der Waals surface area contributed by atoms with E-state index >= 15 is 0 Å². The Morgan fingerprint density at radius 2 is 1.94 bits per heavy atom. The Bertz CT molecular complexity index is 1360. The van der Waals surface area contributed by atoms with Gasteiger partial charge in [-0.2, -0.15) is 13.2 Å². The van der Waals surface area contributed by atoms with Crippen molar-refractivity contribution in [3.63, 3.8) is 0 Å². The second-order valence-electron chi connectivity index (χ2n) is 8.14. The summed E-state index contributed by atoms with van der Waals surface area (Å²) in [6.07, 6.45) is -1.12. The zero-order chi connectivity index (χ0) is 23.7. The van der Waals surface area contributed by atoms with Gasteiger partial charge in [-0.05, 0) is 30.7 Å². The Morgan fingerprint density at radius 1 is 1.12 bits per heavy atom. The molecule has 5 nitrogen and oxygen atoms in total. The van der Waals surface area contributed by atoms with E-state index in [4.69, 9.17) is 11.6 Å². The number of alkyl halides is 3. The number of aromatic nitrogens is 2. The van der Waals surface area contributed by atoms with Gasteiger partial charge in [0.25, 0.3) is 12.6 Å². The van der Waals surface area contributed by atoms with Gasteiger partial charge in [-0.25, -0.2) is 9.97 Å². The number of fused-ring (bicyclic) bond motifs is 1. The van der Waals surface area contributed by atoms with E-state index in [1.54, 1.807) is 6.20 Å². The van der Waals surface area contributed by atoms with Crippen LogP contribution in [0.1, 0.15) is 18.4 Å². The van der Waals surface area contributed by atoms with E-state index in [2.05, 4.69) is 15.1 Å². The van der Waals surface area contributed by atoms with Crippen LogP contribution < -0.4 is 10.2 Å². The van der Waals surface area contributed by atoms with Crippen LogP contribution in [0.5, 0.6) is 0 Å². The Morgan fingerprint density at radius 3 is 2.71 bits per heavy atom. The van der Waals surface area contributed by atoms with E-state index < -0.39 is 11.7 Å². The highest BCUT2D eigenvalue weighted by atomic mass is 32.1. The minimum atomic E-state index is -4.47. The molecule has 1 saturated heterocycles. The number of hydrogen-bond acceptors (Lipinski definition) is 5. The number of piperidine rings is 1. The third-order valence-electron chi connectivity index (χ3n) is 5.85. The second kappa shape index (κ2) is 8.95. The van der Waals surface area contributed by atoms with Gasteiger partial charge in [0.2, 0.25) is 0 Å². The van der Waals surface area contributed by atoms with Crippen LogP contribution in [-0.2, 0) is 6.18 Å². The molecule has 1 aliphatic heterocycles. The highest BCUT2D eigenvalue weighted by Gasteiger charge is 2.33. The molecular formula is C25H21F3N5S+. The van der Waals surface area contributed by atoms with Gasteiger partial charge in [0.15, 0.2) is 5.82 Å². The lowest BCUT2D eigenvalue weighted by Crippen LogP contribution is -2.37. The molecule has 1 fully saturated rings. The minimum absolute atomic E-state index is 0.0579. The molecule has 0 bridgehead atoms. The Hall–Kier alpha value is -3.64. The highest BCUT2D eigenvalue weighted by molar-refractivity contribution is 7.21. The molecule has 0 saturated carbocycles. The number of pyridine rings is 1. The predicted octanol–water partition coefficient (Wildman–Crippen LogP) is 7.05. The lowest BCUT2D eigenvalue weighted by Gasteiger charge is -2.30. The first-order valence-electron chi connectivity index (χ1n) is 10.9. The summed E-state index contributed by atoms with van der Waals surface area (Å²) in [5.74, 6) is 0.411. The average Bonchev–Trinajstić information content (AvgIpc) is 3.30. The first-order chi connectivity index (χ1) is 16.4. The summed E-state index contributed by atoms with van der Waals surface area (Å²) >= 11 is 1.51. The zero-order valence-corrected chi connectivity index (χ0v) is 18.9. The first kappa shape index (κ1) is 22.2. The van der Waals surface area contributed by atoms with Crippen LogP contribution >= 0.6 is 11.3 Å². The van der Waals surface area contributed by atoms with Gasteiger partial charge in [0.1, 0.15) is 10.5 Å². The molecule has 0 aliphatic carbocycles. The molecule has 0 amide bonds. The number of halogens is 3. The van der Waals surface area contributed by atoms with Gasteiger partial charge in [-0.3, -0.25) is 0 Å². The summed E-state index contributed by atoms with van der Waals surface area (Å²) in [5.41, 5.74) is 1.83. The molecule has 0 radical (unpaired) electrons. The maximum Gasteiger partial charge on any atom is 0.416 e. The van der Waals surface area contributed by atoms with Crippen molar-refractivity contribution in [2.45, 2.75) is 25.1 Å². The fraction of sp³-hybridized carbons (Fsp3) is 0.240. The monoisotopic (exact) mass is 480 g/mol. The Balaban J connectivity index is 1.56. The van der Waals surface area contributed by atoms with Gasteiger partial charge in [-0.1, -0.05) is 35.2 Å². The van der Waals surface area contributed by atoms with Crippen molar-refractivity contribution >= 4 is 38.7 Å². The Labute approximate surface area is 198 Å². The zero-order valence-electron chi connectivity index (χ0n) is 18.1. The topological polar surface area (TPSA) is 45.4 Å². The van der Waals surface area contributed by atoms with Crippen molar-refractivity contribution in [3.8, 4) is 17.1 Å². The maximum atomic E-state index is 13.5. The molecular weight excluding hydrogens is 459 g/mol.